The number of esters is 1. The van der Waals surface area contributed by atoms with Gasteiger partial charge >= 0.3 is 5.97 Å². The van der Waals surface area contributed by atoms with Crippen LogP contribution in [0, 0.1) is 0 Å². The number of hydrogen-bond donors (Lipinski definition) is 1. The fourth-order valence-corrected chi connectivity index (χ4v) is 3.08. The van der Waals surface area contributed by atoms with E-state index in [4.69, 9.17) is 14.2 Å². The predicted octanol–water partition coefficient (Wildman–Crippen LogP) is 4.60. The Labute approximate surface area is 173 Å². The van der Waals surface area contributed by atoms with Gasteiger partial charge in [-0.2, -0.15) is 0 Å². The van der Waals surface area contributed by atoms with Crippen LogP contribution in [0.15, 0.2) is 40.9 Å². The second-order valence-electron chi connectivity index (χ2n) is 6.06. The number of carbonyl (C=O) groups is 2. The number of benzene rings is 2. The van der Waals surface area contributed by atoms with Crippen LogP contribution in [0.3, 0.4) is 0 Å². The number of carbonyl (C=O) groups excluding carboxylic acids is 2. The Morgan fingerprint density at radius 3 is 2.46 bits per heavy atom. The summed E-state index contributed by atoms with van der Waals surface area (Å²) in [6, 6.07) is 10.4. The van der Waals surface area contributed by atoms with Gasteiger partial charge in [0, 0.05) is 16.6 Å². The Hall–Kier alpha value is -2.54. The molecule has 2 aromatic rings. The first kappa shape index (κ1) is 21.8. The van der Waals surface area contributed by atoms with Crippen molar-refractivity contribution in [1.82, 2.24) is 0 Å². The van der Waals surface area contributed by atoms with E-state index in [0.717, 1.165) is 16.5 Å². The van der Waals surface area contributed by atoms with E-state index in [1.165, 1.54) is 0 Å². The molecule has 0 saturated carbocycles. The maximum atomic E-state index is 12.3. The highest BCUT2D eigenvalue weighted by Crippen LogP contribution is 2.33. The number of ether oxygens (including phenoxy) is 3. The minimum absolute atomic E-state index is 0.152. The second kappa shape index (κ2) is 10.7. The van der Waals surface area contributed by atoms with Crippen molar-refractivity contribution in [2.24, 2.45) is 0 Å². The summed E-state index contributed by atoms with van der Waals surface area (Å²) in [4.78, 5) is 24.3. The molecule has 0 aliphatic rings. The summed E-state index contributed by atoms with van der Waals surface area (Å²) < 4.78 is 16.5. The third-order valence-corrected chi connectivity index (χ3v) is 4.73. The van der Waals surface area contributed by atoms with Gasteiger partial charge in [0.25, 0.3) is 0 Å². The number of hydrogen-bond acceptors (Lipinski definition) is 5. The monoisotopic (exact) mass is 449 g/mol. The highest BCUT2D eigenvalue weighted by molar-refractivity contribution is 9.10. The summed E-state index contributed by atoms with van der Waals surface area (Å²) >= 11 is 3.50. The van der Waals surface area contributed by atoms with Gasteiger partial charge < -0.3 is 19.5 Å². The normalized spacial score (nSPS) is 10.3. The summed E-state index contributed by atoms with van der Waals surface area (Å²) in [7, 11) is 3.14. The molecule has 2 rings (SSSR count). The zero-order valence-corrected chi connectivity index (χ0v) is 17.8. The van der Waals surface area contributed by atoms with E-state index in [1.54, 1.807) is 38.5 Å². The van der Waals surface area contributed by atoms with Crippen molar-refractivity contribution >= 4 is 33.5 Å². The van der Waals surface area contributed by atoms with Crippen LogP contribution >= 0.6 is 15.9 Å². The molecule has 0 aliphatic carbocycles. The van der Waals surface area contributed by atoms with Crippen LogP contribution in [-0.2, 0) is 16.0 Å². The quantitative estimate of drug-likeness (QED) is 0.565. The fourth-order valence-electron chi connectivity index (χ4n) is 2.56. The van der Waals surface area contributed by atoms with Gasteiger partial charge in [-0.1, -0.05) is 28.9 Å². The Bertz CT molecular complexity index is 838. The lowest BCUT2D eigenvalue weighted by atomic mass is 10.1. The molecule has 6 nitrogen and oxygen atoms in total. The molecule has 7 heteroatoms. The van der Waals surface area contributed by atoms with Gasteiger partial charge in [-0.3, -0.25) is 4.79 Å². The molecule has 2 aromatic carbocycles. The molecule has 0 bridgehead atoms. The largest absolute Gasteiger partial charge is 0.493 e. The van der Waals surface area contributed by atoms with Crippen molar-refractivity contribution in [2.45, 2.75) is 26.2 Å². The van der Waals surface area contributed by atoms with E-state index in [-0.39, 0.29) is 12.3 Å². The van der Waals surface area contributed by atoms with Gasteiger partial charge in [-0.15, -0.1) is 0 Å². The number of anilines is 1. The molecule has 0 spiro atoms. The van der Waals surface area contributed by atoms with Crippen LogP contribution in [0.25, 0.3) is 0 Å². The average molecular weight is 450 g/mol. The van der Waals surface area contributed by atoms with Crippen LogP contribution in [0.4, 0.5) is 5.69 Å². The van der Waals surface area contributed by atoms with Crippen LogP contribution in [0.1, 0.15) is 35.7 Å². The highest BCUT2D eigenvalue weighted by Gasteiger charge is 2.12. The molecule has 0 fully saturated rings. The Balaban J connectivity index is 1.99. The zero-order valence-electron chi connectivity index (χ0n) is 16.2. The van der Waals surface area contributed by atoms with Gasteiger partial charge in [0.05, 0.1) is 26.4 Å². The number of nitrogens with one attached hydrogen (secondary N) is 1. The standard InChI is InChI=1S/C21H24BrNO5/c1-4-10-28-21(25)15-6-5-7-16(11-15)23-20(24)9-8-14-12-18(26-2)19(27-3)13-17(14)22/h5-7,11-13H,4,8-10H2,1-3H3,(H,23,24). The molecular weight excluding hydrogens is 426 g/mol. The molecule has 28 heavy (non-hydrogen) atoms. The molecule has 0 saturated heterocycles. The van der Waals surface area contributed by atoms with Gasteiger partial charge in [0.1, 0.15) is 0 Å². The average Bonchev–Trinajstić information content (AvgIpc) is 2.70. The smallest absolute Gasteiger partial charge is 0.338 e. The van der Waals surface area contributed by atoms with Crippen molar-refractivity contribution in [3.8, 4) is 11.5 Å². The van der Waals surface area contributed by atoms with Crippen molar-refractivity contribution < 1.29 is 23.8 Å². The lowest BCUT2D eigenvalue weighted by Gasteiger charge is -2.12. The lowest BCUT2D eigenvalue weighted by molar-refractivity contribution is -0.116. The highest BCUT2D eigenvalue weighted by atomic mass is 79.9. The minimum Gasteiger partial charge on any atom is -0.493 e. The van der Waals surface area contributed by atoms with E-state index in [2.05, 4.69) is 21.2 Å². The van der Waals surface area contributed by atoms with E-state index < -0.39 is 5.97 Å². The van der Waals surface area contributed by atoms with Crippen molar-refractivity contribution in [1.29, 1.82) is 0 Å². The van der Waals surface area contributed by atoms with Crippen LogP contribution in [0.2, 0.25) is 0 Å². The van der Waals surface area contributed by atoms with Gasteiger partial charge in [-0.05, 0) is 48.7 Å². The van der Waals surface area contributed by atoms with Crippen molar-refractivity contribution in [2.75, 3.05) is 26.1 Å². The molecule has 0 unspecified atom stereocenters. The van der Waals surface area contributed by atoms with Crippen LogP contribution < -0.4 is 14.8 Å². The van der Waals surface area contributed by atoms with Gasteiger partial charge in [0.15, 0.2) is 11.5 Å². The summed E-state index contributed by atoms with van der Waals surface area (Å²) in [5.41, 5.74) is 1.90. The Morgan fingerprint density at radius 1 is 1.07 bits per heavy atom. The maximum Gasteiger partial charge on any atom is 0.338 e. The first-order valence-electron chi connectivity index (χ1n) is 8.96. The number of methoxy groups -OCH3 is 2. The SMILES string of the molecule is CCCOC(=O)c1cccc(NC(=O)CCc2cc(OC)c(OC)cc2Br)c1. The summed E-state index contributed by atoms with van der Waals surface area (Å²) in [6.45, 7) is 2.30. The second-order valence-corrected chi connectivity index (χ2v) is 6.92. The van der Waals surface area contributed by atoms with Crippen LogP contribution in [0.5, 0.6) is 11.5 Å². The number of amides is 1. The van der Waals surface area contributed by atoms with Gasteiger partial charge in [-0.25, -0.2) is 4.79 Å². The third kappa shape index (κ3) is 5.99. The Morgan fingerprint density at radius 2 is 1.79 bits per heavy atom. The summed E-state index contributed by atoms with van der Waals surface area (Å²) in [5, 5.41) is 2.82. The molecule has 0 aliphatic heterocycles. The summed E-state index contributed by atoms with van der Waals surface area (Å²) in [5.74, 6) is 0.682. The van der Waals surface area contributed by atoms with E-state index in [1.807, 2.05) is 19.1 Å². The zero-order chi connectivity index (χ0) is 20.5. The predicted molar refractivity (Wildman–Crippen MR) is 111 cm³/mol. The molecule has 0 heterocycles. The summed E-state index contributed by atoms with van der Waals surface area (Å²) in [6.07, 6.45) is 1.55. The van der Waals surface area contributed by atoms with Gasteiger partial charge in [0.2, 0.25) is 5.91 Å². The van der Waals surface area contributed by atoms with Crippen molar-refractivity contribution in [3.05, 3.63) is 52.0 Å². The van der Waals surface area contributed by atoms with E-state index in [0.29, 0.717) is 35.8 Å². The van der Waals surface area contributed by atoms with E-state index in [9.17, 15) is 9.59 Å². The molecule has 0 radical (unpaired) electrons. The molecular formula is C21H24BrNO5. The first-order chi connectivity index (χ1) is 13.5. The maximum absolute atomic E-state index is 12.3. The number of halogens is 1. The third-order valence-electron chi connectivity index (χ3n) is 3.99. The minimum atomic E-state index is -0.396. The molecule has 0 aromatic heterocycles. The lowest BCUT2D eigenvalue weighted by Crippen LogP contribution is -2.13. The van der Waals surface area contributed by atoms with Crippen LogP contribution in [-0.4, -0.2) is 32.7 Å². The topological polar surface area (TPSA) is 73.9 Å². The number of rotatable bonds is 9. The first-order valence-corrected chi connectivity index (χ1v) is 9.75. The van der Waals surface area contributed by atoms with E-state index >= 15 is 0 Å². The Kier molecular flexibility index (Phi) is 8.32. The fraction of sp³-hybridized carbons (Fsp3) is 0.333. The molecule has 1 amide bonds. The van der Waals surface area contributed by atoms with Crippen molar-refractivity contribution in [3.63, 3.8) is 0 Å². The molecule has 150 valence electrons. The molecule has 1 N–H and O–H groups in total. The molecule has 0 atom stereocenters. The number of aryl methyl sites for hydroxylation is 1.